The molecular formula is C17H27ClN2O4S. The molecule has 6 nitrogen and oxygen atoms in total. The Balaban J connectivity index is 0. The number of hydrogen-bond donors (Lipinski definition) is 1. The minimum Gasteiger partial charge on any atom is -0.459 e. The number of hydrogen-bond acceptors (Lipinski definition) is 6. The first-order valence-corrected chi connectivity index (χ1v) is 9.52. The molecule has 0 unspecified atom stereocenters. The van der Waals surface area contributed by atoms with Gasteiger partial charge in [0.2, 0.25) is 0 Å². The summed E-state index contributed by atoms with van der Waals surface area (Å²) in [5.41, 5.74) is 5.21. The van der Waals surface area contributed by atoms with Gasteiger partial charge in [-0.2, -0.15) is 5.26 Å². The van der Waals surface area contributed by atoms with Crippen molar-refractivity contribution in [1.82, 2.24) is 0 Å². The first-order chi connectivity index (χ1) is 10.8. The van der Waals surface area contributed by atoms with Gasteiger partial charge < -0.3 is 10.5 Å². The molecule has 1 aromatic carbocycles. The first kappa shape index (κ1) is 25.6. The molecule has 0 aliphatic heterocycles. The maximum atomic E-state index is 11.3. The van der Waals surface area contributed by atoms with E-state index in [2.05, 4.69) is 0 Å². The molecule has 25 heavy (non-hydrogen) atoms. The van der Waals surface area contributed by atoms with Gasteiger partial charge in [0.25, 0.3) is 9.05 Å². The maximum absolute atomic E-state index is 11.3. The number of esters is 1. The van der Waals surface area contributed by atoms with Gasteiger partial charge in [-0.05, 0) is 38.8 Å². The number of carbonyl (C=O) groups excluding carboxylic acids is 1. The third-order valence-corrected chi connectivity index (χ3v) is 4.05. The lowest BCUT2D eigenvalue weighted by Crippen LogP contribution is -2.40. The Kier molecular flexibility index (Phi) is 10.6. The molecule has 2 N–H and O–H groups in total. The Morgan fingerprint density at radius 2 is 1.76 bits per heavy atom. The molecule has 142 valence electrons. The molecule has 0 radical (unpaired) electrons. The number of nitrogens with zero attached hydrogens (tertiary/aromatic N) is 1. The summed E-state index contributed by atoms with van der Waals surface area (Å²) in [7, 11) is 1.27. The van der Waals surface area contributed by atoms with Gasteiger partial charge >= 0.3 is 5.97 Å². The van der Waals surface area contributed by atoms with E-state index in [-0.39, 0.29) is 29.8 Å². The van der Waals surface area contributed by atoms with Crippen LogP contribution in [0.5, 0.6) is 0 Å². The number of ether oxygens (including phenoxy) is 1. The summed E-state index contributed by atoms with van der Waals surface area (Å²) >= 11 is 0. The van der Waals surface area contributed by atoms with E-state index in [9.17, 15) is 13.2 Å². The fraction of sp³-hybridized carbons (Fsp3) is 0.529. The van der Waals surface area contributed by atoms with E-state index < -0.39 is 20.7 Å². The average molecular weight is 391 g/mol. The van der Waals surface area contributed by atoms with E-state index in [0.717, 1.165) is 0 Å². The van der Waals surface area contributed by atoms with Crippen molar-refractivity contribution in [3.8, 4) is 6.07 Å². The largest absolute Gasteiger partial charge is 0.459 e. The molecule has 1 atom stereocenters. The van der Waals surface area contributed by atoms with Crippen LogP contribution in [0.3, 0.4) is 0 Å². The van der Waals surface area contributed by atoms with Gasteiger partial charge in [0.1, 0.15) is 22.6 Å². The van der Waals surface area contributed by atoms with E-state index in [1.165, 1.54) is 18.2 Å². The number of nitriles is 1. The van der Waals surface area contributed by atoms with Crippen LogP contribution in [-0.4, -0.2) is 26.0 Å². The summed E-state index contributed by atoms with van der Waals surface area (Å²) in [4.78, 5) is 11.1. The van der Waals surface area contributed by atoms with Crippen molar-refractivity contribution in [2.45, 2.75) is 58.6 Å². The monoisotopic (exact) mass is 390 g/mol. The quantitative estimate of drug-likeness (QED) is 0.625. The lowest BCUT2D eigenvalue weighted by Gasteiger charge is -2.23. The fourth-order valence-electron chi connectivity index (χ4n) is 1.41. The van der Waals surface area contributed by atoms with E-state index in [1.807, 2.05) is 34.6 Å². The summed E-state index contributed by atoms with van der Waals surface area (Å²) in [5.74, 6) is -0.197. The second-order valence-electron chi connectivity index (χ2n) is 6.35. The lowest BCUT2D eigenvalue weighted by atomic mass is 10.1. The molecule has 0 bridgehead atoms. The second-order valence-corrected chi connectivity index (χ2v) is 8.88. The summed E-state index contributed by atoms with van der Waals surface area (Å²) in [5, 5.41) is 8.51. The van der Waals surface area contributed by atoms with Crippen LogP contribution in [0.25, 0.3) is 0 Å². The SMILES string of the molecule is C.CC(C)[C@H](N)C(=O)OC(C)(C)C.N#Cc1ccccc1S(=O)(=O)Cl. The number of halogens is 1. The fourth-order valence-corrected chi connectivity index (χ4v) is 2.43. The van der Waals surface area contributed by atoms with Crippen molar-refractivity contribution in [3.63, 3.8) is 0 Å². The molecule has 8 heteroatoms. The van der Waals surface area contributed by atoms with Crippen molar-refractivity contribution in [3.05, 3.63) is 29.8 Å². The van der Waals surface area contributed by atoms with Gasteiger partial charge in [-0.15, -0.1) is 0 Å². The predicted octanol–water partition coefficient (Wildman–Crippen LogP) is 3.43. The van der Waals surface area contributed by atoms with Crippen LogP contribution < -0.4 is 5.73 Å². The normalized spacial score (nSPS) is 12.1. The lowest BCUT2D eigenvalue weighted by molar-refractivity contribution is -0.157. The van der Waals surface area contributed by atoms with Crippen molar-refractivity contribution in [2.24, 2.45) is 11.7 Å². The van der Waals surface area contributed by atoms with Crippen LogP contribution in [0.1, 0.15) is 47.6 Å². The zero-order chi connectivity index (χ0) is 19.1. The highest BCUT2D eigenvalue weighted by molar-refractivity contribution is 8.13. The Morgan fingerprint density at radius 3 is 2.08 bits per heavy atom. The van der Waals surface area contributed by atoms with Crippen molar-refractivity contribution < 1.29 is 17.9 Å². The molecule has 0 spiro atoms. The van der Waals surface area contributed by atoms with E-state index in [0.29, 0.717) is 0 Å². The second kappa shape index (κ2) is 10.4. The standard InChI is InChI=1S/C9H19NO2.C7H4ClNO2S.CH4/c1-6(2)7(10)8(11)12-9(3,4)5;8-12(10,11)7-4-2-1-3-6(7)5-9;/h6-7H,10H2,1-5H3;1-4H;1H4/t7-;;/m0../s1. The molecule has 0 aromatic heterocycles. The topological polar surface area (TPSA) is 110 Å². The highest BCUT2D eigenvalue weighted by Gasteiger charge is 2.23. The molecule has 0 amide bonds. The Morgan fingerprint density at radius 1 is 1.28 bits per heavy atom. The van der Waals surface area contributed by atoms with Crippen LogP contribution in [0, 0.1) is 17.2 Å². The van der Waals surface area contributed by atoms with Crippen LogP contribution in [0.2, 0.25) is 0 Å². The van der Waals surface area contributed by atoms with E-state index in [1.54, 1.807) is 12.1 Å². The molecular weight excluding hydrogens is 364 g/mol. The number of carbonyl (C=O) groups is 1. The van der Waals surface area contributed by atoms with Gasteiger partial charge in [-0.25, -0.2) is 8.42 Å². The molecule has 1 rings (SSSR count). The average Bonchev–Trinajstić information content (AvgIpc) is 2.44. The molecule has 0 saturated heterocycles. The van der Waals surface area contributed by atoms with Crippen molar-refractivity contribution in [1.29, 1.82) is 5.26 Å². The van der Waals surface area contributed by atoms with Gasteiger partial charge in [0, 0.05) is 10.7 Å². The third kappa shape index (κ3) is 10.1. The van der Waals surface area contributed by atoms with E-state index in [4.69, 9.17) is 26.4 Å². The van der Waals surface area contributed by atoms with E-state index >= 15 is 0 Å². The molecule has 1 aromatic rings. The summed E-state index contributed by atoms with van der Waals surface area (Å²) in [6.07, 6.45) is 0. The maximum Gasteiger partial charge on any atom is 0.323 e. The van der Waals surface area contributed by atoms with Crippen LogP contribution >= 0.6 is 10.7 Å². The summed E-state index contributed by atoms with van der Waals surface area (Å²) in [6, 6.07) is 7.00. The zero-order valence-corrected chi connectivity index (χ0v) is 16.0. The van der Waals surface area contributed by atoms with Gasteiger partial charge in [-0.3, -0.25) is 4.79 Å². The smallest absolute Gasteiger partial charge is 0.323 e. The number of nitrogens with two attached hydrogens (primary N) is 1. The molecule has 0 fully saturated rings. The van der Waals surface area contributed by atoms with Crippen LogP contribution in [0.4, 0.5) is 0 Å². The number of rotatable bonds is 3. The highest BCUT2D eigenvalue weighted by Crippen LogP contribution is 2.18. The zero-order valence-electron chi connectivity index (χ0n) is 14.4. The minimum atomic E-state index is -3.80. The molecule has 0 saturated carbocycles. The molecule has 0 aliphatic carbocycles. The number of benzene rings is 1. The first-order valence-electron chi connectivity index (χ1n) is 7.22. The van der Waals surface area contributed by atoms with Gasteiger partial charge in [-0.1, -0.05) is 33.4 Å². The Hall–Kier alpha value is -1.62. The van der Waals surface area contributed by atoms with Crippen LogP contribution in [-0.2, 0) is 18.6 Å². The van der Waals surface area contributed by atoms with Crippen LogP contribution in [0.15, 0.2) is 29.2 Å². The highest BCUT2D eigenvalue weighted by atomic mass is 35.7. The predicted molar refractivity (Wildman–Crippen MR) is 99.6 cm³/mol. The third-order valence-electron chi connectivity index (χ3n) is 2.67. The Labute approximate surface area is 155 Å². The van der Waals surface area contributed by atoms with Crippen molar-refractivity contribution in [2.75, 3.05) is 0 Å². The van der Waals surface area contributed by atoms with Crippen molar-refractivity contribution >= 4 is 25.7 Å². The summed E-state index contributed by atoms with van der Waals surface area (Å²) in [6.45, 7) is 9.29. The summed E-state index contributed by atoms with van der Waals surface area (Å²) < 4.78 is 26.8. The minimum absolute atomic E-state index is 0. The molecule has 0 aliphatic rings. The molecule has 0 heterocycles. The van der Waals surface area contributed by atoms with Gasteiger partial charge in [0.05, 0.1) is 5.56 Å². The Bertz CT molecular complexity index is 704. The van der Waals surface area contributed by atoms with Gasteiger partial charge in [0.15, 0.2) is 0 Å².